The number of likely N-dealkylation sites (N-methyl/N-ethyl adjacent to an activating group) is 1. The molecule has 0 spiro atoms. The van der Waals surface area contributed by atoms with Crippen LogP contribution < -0.4 is 16.4 Å². The Kier molecular flexibility index (Phi) is 14.8. The van der Waals surface area contributed by atoms with Crippen LogP contribution in [0.2, 0.25) is 0 Å². The van der Waals surface area contributed by atoms with Crippen LogP contribution >= 0.6 is 24.4 Å². The number of hydrogen-bond donors (Lipinski definition) is 5. The first-order valence-electron chi connectivity index (χ1n) is 11.6. The lowest BCUT2D eigenvalue weighted by molar-refractivity contribution is -0.142. The van der Waals surface area contributed by atoms with Crippen molar-refractivity contribution in [2.45, 2.75) is 57.3 Å². The predicted molar refractivity (Wildman–Crippen MR) is 142 cm³/mol. The lowest BCUT2D eigenvalue weighted by atomic mass is 9.96. The van der Waals surface area contributed by atoms with E-state index in [9.17, 15) is 14.7 Å². The molecule has 5 atom stereocenters. The van der Waals surface area contributed by atoms with Crippen LogP contribution in [0.25, 0.3) is 0 Å². The fourth-order valence-electron chi connectivity index (χ4n) is 3.58. The van der Waals surface area contributed by atoms with Crippen LogP contribution in [0.4, 0.5) is 0 Å². The number of carbonyl (C=O) groups excluding carboxylic acids is 1. The van der Waals surface area contributed by atoms with Crippen LogP contribution in [0.3, 0.4) is 0 Å². The van der Waals surface area contributed by atoms with Crippen molar-refractivity contribution >= 4 is 36.3 Å². The normalized spacial score (nSPS) is 16.1. The van der Waals surface area contributed by atoms with Crippen molar-refractivity contribution in [1.29, 1.82) is 0 Å². The Bertz CT molecular complexity index is 696. The number of carboxylic acids is 1. The number of hydrogen-bond acceptors (Lipinski definition) is 7. The van der Waals surface area contributed by atoms with Crippen molar-refractivity contribution in [2.75, 3.05) is 37.9 Å². The van der Waals surface area contributed by atoms with Crippen LogP contribution in [0.1, 0.15) is 32.3 Å². The average Bonchev–Trinajstić information content (AvgIpc) is 2.82. The van der Waals surface area contributed by atoms with E-state index in [0.717, 1.165) is 12.0 Å². The third-order valence-electron chi connectivity index (χ3n) is 6.02. The molecule has 0 fully saturated rings. The molecule has 0 aromatic heterocycles. The first kappa shape index (κ1) is 29.8. The summed E-state index contributed by atoms with van der Waals surface area (Å²) in [5.74, 6) is 0.389. The number of nitrogens with one attached hydrogen (secondary N) is 2. The Balaban J connectivity index is 3.04. The molecule has 5 N–H and O–H groups in total. The number of nitrogens with two attached hydrogens (primary N) is 1. The van der Waals surface area contributed by atoms with Crippen LogP contribution in [0.15, 0.2) is 30.3 Å². The van der Waals surface area contributed by atoms with Gasteiger partial charge in [-0.3, -0.25) is 9.69 Å². The third-order valence-corrected chi connectivity index (χ3v) is 7.14. The highest BCUT2D eigenvalue weighted by Gasteiger charge is 2.30. The lowest BCUT2D eigenvalue weighted by Gasteiger charge is -2.34. The molecule has 188 valence electrons. The molecule has 1 aromatic carbocycles. The quantitative estimate of drug-likeness (QED) is 0.209. The molecule has 0 aliphatic heterocycles. The highest BCUT2D eigenvalue weighted by atomic mass is 32.2. The first-order chi connectivity index (χ1) is 15.7. The molecule has 33 heavy (non-hydrogen) atoms. The van der Waals surface area contributed by atoms with Crippen molar-refractivity contribution in [3.05, 3.63) is 35.9 Å². The van der Waals surface area contributed by atoms with Gasteiger partial charge in [0, 0.05) is 30.9 Å². The lowest BCUT2D eigenvalue weighted by Crippen LogP contribution is -2.55. The van der Waals surface area contributed by atoms with Gasteiger partial charge < -0.3 is 21.5 Å². The second-order valence-corrected chi connectivity index (χ2v) is 10.0. The summed E-state index contributed by atoms with van der Waals surface area (Å²) in [7, 11) is 1.93. The maximum absolute atomic E-state index is 13.3. The molecular formula is C24H42N4O3S2. The van der Waals surface area contributed by atoms with Crippen molar-refractivity contribution in [3.63, 3.8) is 0 Å². The first-order valence-corrected chi connectivity index (χ1v) is 13.6. The second kappa shape index (κ2) is 16.4. The van der Waals surface area contributed by atoms with Crippen LogP contribution in [-0.4, -0.2) is 83.9 Å². The van der Waals surface area contributed by atoms with Gasteiger partial charge in [-0.25, -0.2) is 4.79 Å². The minimum atomic E-state index is -1.00. The summed E-state index contributed by atoms with van der Waals surface area (Å²) in [6.45, 7) is 5.63. The SMILES string of the molecule is CC[C@@H](C)[C@@H](CN(C)[C@@H](Cc1ccccc1)C(=O)N[C@@H](CCSC)C(=O)O)NC[C@@H](N)CS. The van der Waals surface area contributed by atoms with Crippen LogP contribution in [0, 0.1) is 5.92 Å². The molecule has 9 heteroatoms. The van der Waals surface area contributed by atoms with Gasteiger partial charge in [-0.1, -0.05) is 50.6 Å². The zero-order valence-corrected chi connectivity index (χ0v) is 22.1. The minimum absolute atomic E-state index is 0.0404. The van der Waals surface area contributed by atoms with E-state index in [-0.39, 0.29) is 18.0 Å². The molecule has 0 bridgehead atoms. The molecule has 1 amide bonds. The van der Waals surface area contributed by atoms with E-state index in [1.165, 1.54) is 0 Å². The number of thioether (sulfide) groups is 1. The topological polar surface area (TPSA) is 108 Å². The Morgan fingerprint density at radius 2 is 1.94 bits per heavy atom. The van der Waals surface area contributed by atoms with Gasteiger partial charge in [-0.2, -0.15) is 24.4 Å². The zero-order chi connectivity index (χ0) is 24.8. The summed E-state index contributed by atoms with van der Waals surface area (Å²) >= 11 is 5.84. The van der Waals surface area contributed by atoms with E-state index in [2.05, 4.69) is 37.1 Å². The third kappa shape index (κ3) is 11.1. The Morgan fingerprint density at radius 3 is 2.48 bits per heavy atom. The van der Waals surface area contributed by atoms with Gasteiger partial charge >= 0.3 is 5.97 Å². The molecule has 0 heterocycles. The summed E-state index contributed by atoms with van der Waals surface area (Å²) in [4.78, 5) is 27.1. The number of nitrogens with zero attached hydrogens (tertiary/aromatic N) is 1. The summed E-state index contributed by atoms with van der Waals surface area (Å²) < 4.78 is 0. The van der Waals surface area contributed by atoms with Gasteiger partial charge in [0.25, 0.3) is 0 Å². The molecule has 0 saturated carbocycles. The molecule has 1 aromatic rings. The molecule has 0 aliphatic rings. The summed E-state index contributed by atoms with van der Waals surface area (Å²) in [6.07, 6.45) is 3.81. The van der Waals surface area contributed by atoms with Gasteiger partial charge in [0.05, 0.1) is 6.04 Å². The van der Waals surface area contributed by atoms with Crippen molar-refractivity contribution in [3.8, 4) is 0 Å². The number of thiol groups is 1. The highest BCUT2D eigenvalue weighted by Crippen LogP contribution is 2.14. The van der Waals surface area contributed by atoms with Crippen LogP contribution in [-0.2, 0) is 16.0 Å². The average molecular weight is 499 g/mol. The molecule has 0 aliphatic carbocycles. The molecule has 1 rings (SSSR count). The zero-order valence-electron chi connectivity index (χ0n) is 20.4. The monoisotopic (exact) mass is 498 g/mol. The van der Waals surface area contributed by atoms with Gasteiger partial charge in [0.1, 0.15) is 6.04 Å². The van der Waals surface area contributed by atoms with E-state index >= 15 is 0 Å². The van der Waals surface area contributed by atoms with E-state index in [1.807, 2.05) is 48.5 Å². The van der Waals surface area contributed by atoms with Gasteiger partial charge in [0.15, 0.2) is 0 Å². The standard InChI is InChI=1S/C24H42N4O3S2/c1-5-17(2)21(26-14-19(25)16-32)15-28(3)22(13-18-9-7-6-8-10-18)23(29)27-20(24(30)31)11-12-33-4/h6-10,17,19-22,26,32H,5,11-16,25H2,1-4H3,(H,27,29)(H,30,31)/t17-,19-,20+,21-,22+/m1/s1. The van der Waals surface area contributed by atoms with Gasteiger partial charge in [-0.15, -0.1) is 0 Å². The molecule has 7 nitrogen and oxygen atoms in total. The smallest absolute Gasteiger partial charge is 0.326 e. The van der Waals surface area contributed by atoms with E-state index in [1.54, 1.807) is 11.8 Å². The maximum atomic E-state index is 13.3. The number of aliphatic carboxylic acids is 1. The number of amides is 1. The number of rotatable bonds is 17. The van der Waals surface area contributed by atoms with Gasteiger partial charge in [-0.05, 0) is 43.4 Å². The summed E-state index contributed by atoms with van der Waals surface area (Å²) in [5.41, 5.74) is 7.09. The van der Waals surface area contributed by atoms with E-state index < -0.39 is 18.1 Å². The second-order valence-electron chi connectivity index (χ2n) is 8.67. The molecule has 0 radical (unpaired) electrons. The fourth-order valence-corrected chi connectivity index (χ4v) is 4.18. The largest absolute Gasteiger partial charge is 0.480 e. The van der Waals surface area contributed by atoms with E-state index in [0.29, 0.717) is 43.4 Å². The Labute approximate surface area is 209 Å². The summed E-state index contributed by atoms with van der Waals surface area (Å²) in [5, 5.41) is 15.9. The Morgan fingerprint density at radius 1 is 1.27 bits per heavy atom. The predicted octanol–water partition coefficient (Wildman–Crippen LogP) is 2.11. The maximum Gasteiger partial charge on any atom is 0.326 e. The van der Waals surface area contributed by atoms with E-state index in [4.69, 9.17) is 5.73 Å². The Hall–Kier alpha value is -1.26. The number of carbonyl (C=O) groups is 2. The molecule has 0 unspecified atom stereocenters. The van der Waals surface area contributed by atoms with Crippen molar-refractivity contribution in [2.24, 2.45) is 11.7 Å². The molecular weight excluding hydrogens is 456 g/mol. The van der Waals surface area contributed by atoms with Crippen LogP contribution in [0.5, 0.6) is 0 Å². The van der Waals surface area contributed by atoms with Gasteiger partial charge in [0.2, 0.25) is 5.91 Å². The number of carboxylic acid groups (broad SMARTS) is 1. The summed E-state index contributed by atoms with van der Waals surface area (Å²) in [6, 6.07) is 8.54. The van der Waals surface area contributed by atoms with Crippen molar-refractivity contribution < 1.29 is 14.7 Å². The fraction of sp³-hybridized carbons (Fsp3) is 0.667. The number of benzene rings is 1. The minimum Gasteiger partial charge on any atom is -0.480 e. The van der Waals surface area contributed by atoms with Crippen molar-refractivity contribution in [1.82, 2.24) is 15.5 Å². The molecule has 0 saturated heterocycles. The highest BCUT2D eigenvalue weighted by molar-refractivity contribution is 7.98.